The Morgan fingerprint density at radius 1 is 1.47 bits per heavy atom. The van der Waals surface area contributed by atoms with Gasteiger partial charge >= 0.3 is 0 Å². The summed E-state index contributed by atoms with van der Waals surface area (Å²) >= 11 is 0. The topological polar surface area (TPSA) is 67.1 Å². The summed E-state index contributed by atoms with van der Waals surface area (Å²) in [5, 5.41) is 3.32. The number of anilines is 1. The highest BCUT2D eigenvalue weighted by molar-refractivity contribution is 5.40. The van der Waals surface area contributed by atoms with Crippen LogP contribution in [0.1, 0.15) is 11.5 Å². The fourth-order valence-corrected chi connectivity index (χ4v) is 1.73. The van der Waals surface area contributed by atoms with Gasteiger partial charge < -0.3 is 11.1 Å². The van der Waals surface area contributed by atoms with Gasteiger partial charge in [-0.2, -0.15) is 0 Å². The van der Waals surface area contributed by atoms with E-state index in [9.17, 15) is 0 Å². The van der Waals surface area contributed by atoms with Gasteiger partial charge in [0.2, 0.25) is 0 Å². The lowest BCUT2D eigenvalue weighted by molar-refractivity contribution is 0.231. The molecule has 0 aromatic carbocycles. The van der Waals surface area contributed by atoms with Crippen molar-refractivity contribution in [3.05, 3.63) is 17.7 Å². The van der Waals surface area contributed by atoms with E-state index in [1.165, 1.54) is 0 Å². The van der Waals surface area contributed by atoms with Gasteiger partial charge in [0.1, 0.15) is 5.82 Å². The van der Waals surface area contributed by atoms with Crippen LogP contribution in [0.5, 0.6) is 0 Å². The Kier molecular flexibility index (Phi) is 3.13. The molecule has 0 saturated carbocycles. The molecule has 1 fully saturated rings. The number of nitrogens with zero attached hydrogens (tertiary/aromatic N) is 3. The fraction of sp³-hybridized carbons (Fsp3) is 0.600. The Hall–Kier alpha value is -1.20. The van der Waals surface area contributed by atoms with E-state index in [1.807, 2.05) is 6.92 Å². The maximum absolute atomic E-state index is 5.84. The highest BCUT2D eigenvalue weighted by Crippen LogP contribution is 2.10. The van der Waals surface area contributed by atoms with Crippen LogP contribution in [0.25, 0.3) is 0 Å². The molecule has 5 nitrogen and oxygen atoms in total. The van der Waals surface area contributed by atoms with Crippen LogP contribution in [0.3, 0.4) is 0 Å². The Balaban J connectivity index is 2.05. The van der Waals surface area contributed by atoms with Gasteiger partial charge in [0.15, 0.2) is 0 Å². The van der Waals surface area contributed by atoms with Gasteiger partial charge in [0.25, 0.3) is 0 Å². The molecule has 2 rings (SSSR count). The lowest BCUT2D eigenvalue weighted by Gasteiger charge is -2.27. The number of aromatic nitrogens is 2. The average Bonchev–Trinajstić information content (AvgIpc) is 2.25. The summed E-state index contributed by atoms with van der Waals surface area (Å²) < 4.78 is 0. The maximum atomic E-state index is 5.84. The molecule has 1 aromatic heterocycles. The highest BCUT2D eigenvalue weighted by atomic mass is 15.2. The Labute approximate surface area is 89.7 Å². The van der Waals surface area contributed by atoms with Gasteiger partial charge in [-0.1, -0.05) is 0 Å². The molecule has 3 N–H and O–H groups in total. The summed E-state index contributed by atoms with van der Waals surface area (Å²) in [5.74, 6) is 0.786. The number of hydrogen-bond donors (Lipinski definition) is 2. The zero-order chi connectivity index (χ0) is 10.7. The van der Waals surface area contributed by atoms with Crippen molar-refractivity contribution in [3.63, 3.8) is 0 Å². The van der Waals surface area contributed by atoms with Gasteiger partial charge in [-0.05, 0) is 6.92 Å². The van der Waals surface area contributed by atoms with Crippen molar-refractivity contribution in [2.75, 3.05) is 31.9 Å². The number of nitrogens with two attached hydrogens (primary N) is 1. The molecule has 5 heteroatoms. The van der Waals surface area contributed by atoms with Gasteiger partial charge in [-0.3, -0.25) is 4.90 Å². The molecular formula is C10H17N5. The largest absolute Gasteiger partial charge is 0.396 e. The molecule has 1 aromatic rings. The van der Waals surface area contributed by atoms with Gasteiger partial charge in [0.05, 0.1) is 17.6 Å². The highest BCUT2D eigenvalue weighted by Gasteiger charge is 2.12. The summed E-state index contributed by atoms with van der Waals surface area (Å²) in [6, 6.07) is 0. The van der Waals surface area contributed by atoms with E-state index in [0.29, 0.717) is 5.69 Å². The molecule has 1 aliphatic rings. The fourth-order valence-electron chi connectivity index (χ4n) is 1.73. The molecular weight excluding hydrogens is 190 g/mol. The molecule has 0 radical (unpaired) electrons. The third kappa shape index (κ3) is 2.64. The Morgan fingerprint density at radius 2 is 2.20 bits per heavy atom. The molecule has 2 heterocycles. The van der Waals surface area contributed by atoms with Crippen molar-refractivity contribution in [2.45, 2.75) is 13.5 Å². The first-order chi connectivity index (χ1) is 7.25. The molecule has 0 spiro atoms. The van der Waals surface area contributed by atoms with E-state index in [2.05, 4.69) is 20.2 Å². The van der Waals surface area contributed by atoms with E-state index in [4.69, 9.17) is 5.73 Å². The van der Waals surface area contributed by atoms with Crippen LogP contribution in [-0.4, -0.2) is 41.0 Å². The number of nitrogen functional groups attached to an aromatic ring is 1. The monoisotopic (exact) mass is 207 g/mol. The molecule has 0 amide bonds. The second kappa shape index (κ2) is 4.55. The van der Waals surface area contributed by atoms with Gasteiger partial charge in [-0.25, -0.2) is 9.97 Å². The lowest BCUT2D eigenvalue weighted by atomic mass is 10.3. The minimum Gasteiger partial charge on any atom is -0.396 e. The van der Waals surface area contributed by atoms with Crippen LogP contribution in [0.15, 0.2) is 6.20 Å². The first-order valence-electron chi connectivity index (χ1n) is 5.27. The minimum atomic E-state index is 0.694. The summed E-state index contributed by atoms with van der Waals surface area (Å²) in [7, 11) is 0. The van der Waals surface area contributed by atoms with Crippen LogP contribution in [0.2, 0.25) is 0 Å². The number of aryl methyl sites for hydroxylation is 1. The van der Waals surface area contributed by atoms with Gasteiger partial charge in [-0.15, -0.1) is 0 Å². The summed E-state index contributed by atoms with van der Waals surface area (Å²) in [6.07, 6.45) is 1.69. The van der Waals surface area contributed by atoms with E-state index >= 15 is 0 Å². The van der Waals surface area contributed by atoms with E-state index in [1.54, 1.807) is 6.20 Å². The van der Waals surface area contributed by atoms with Gasteiger partial charge in [0, 0.05) is 32.7 Å². The third-order valence-corrected chi connectivity index (χ3v) is 2.60. The predicted molar refractivity (Wildman–Crippen MR) is 59.3 cm³/mol. The first-order valence-corrected chi connectivity index (χ1v) is 5.27. The predicted octanol–water partition coefficient (Wildman–Crippen LogP) is -0.228. The van der Waals surface area contributed by atoms with E-state index < -0.39 is 0 Å². The number of hydrogen-bond acceptors (Lipinski definition) is 5. The van der Waals surface area contributed by atoms with Crippen LogP contribution in [0, 0.1) is 6.92 Å². The molecule has 1 aliphatic heterocycles. The summed E-state index contributed by atoms with van der Waals surface area (Å²) in [6.45, 7) is 6.93. The minimum absolute atomic E-state index is 0.694. The summed E-state index contributed by atoms with van der Waals surface area (Å²) in [5.41, 5.74) is 7.48. The second-order valence-corrected chi connectivity index (χ2v) is 3.85. The molecule has 82 valence electrons. The second-order valence-electron chi connectivity index (χ2n) is 3.85. The number of nitrogens with one attached hydrogen (secondary N) is 1. The van der Waals surface area contributed by atoms with Crippen LogP contribution >= 0.6 is 0 Å². The molecule has 0 bridgehead atoms. The summed E-state index contributed by atoms with van der Waals surface area (Å²) in [4.78, 5) is 10.8. The maximum Gasteiger partial charge on any atom is 0.125 e. The van der Waals surface area contributed by atoms with Crippen molar-refractivity contribution >= 4 is 5.69 Å². The van der Waals surface area contributed by atoms with Crippen molar-refractivity contribution in [1.82, 2.24) is 20.2 Å². The number of rotatable bonds is 2. The zero-order valence-corrected chi connectivity index (χ0v) is 9.03. The van der Waals surface area contributed by atoms with Crippen LogP contribution in [-0.2, 0) is 6.54 Å². The molecule has 0 unspecified atom stereocenters. The standard InChI is InChI=1S/C10H17N5/c1-8-13-6-9(11)10(14-8)7-15-4-2-12-3-5-15/h6,12H,2-5,7,11H2,1H3. The molecule has 1 saturated heterocycles. The van der Waals surface area contributed by atoms with Crippen LogP contribution < -0.4 is 11.1 Å². The van der Waals surface area contributed by atoms with Crippen LogP contribution in [0.4, 0.5) is 5.69 Å². The molecule has 15 heavy (non-hydrogen) atoms. The smallest absolute Gasteiger partial charge is 0.125 e. The van der Waals surface area contributed by atoms with E-state index in [0.717, 1.165) is 44.2 Å². The lowest BCUT2D eigenvalue weighted by Crippen LogP contribution is -2.43. The normalized spacial score (nSPS) is 17.9. The quantitative estimate of drug-likeness (QED) is 0.701. The SMILES string of the molecule is Cc1ncc(N)c(CN2CCNCC2)n1. The van der Waals surface area contributed by atoms with Crippen molar-refractivity contribution < 1.29 is 0 Å². The Morgan fingerprint density at radius 3 is 2.93 bits per heavy atom. The number of piperazine rings is 1. The van der Waals surface area contributed by atoms with Crippen molar-refractivity contribution in [2.24, 2.45) is 0 Å². The van der Waals surface area contributed by atoms with Crippen molar-refractivity contribution in [3.8, 4) is 0 Å². The Bertz CT molecular complexity index is 333. The first kappa shape index (κ1) is 10.3. The van der Waals surface area contributed by atoms with Crippen molar-refractivity contribution in [1.29, 1.82) is 0 Å². The third-order valence-electron chi connectivity index (χ3n) is 2.60. The van der Waals surface area contributed by atoms with E-state index in [-0.39, 0.29) is 0 Å². The average molecular weight is 207 g/mol. The molecule has 0 aliphatic carbocycles. The zero-order valence-electron chi connectivity index (χ0n) is 9.03. The molecule has 0 atom stereocenters.